The highest BCUT2D eigenvalue weighted by Gasteiger charge is 2.15. The molecule has 150 valence electrons. The van der Waals surface area contributed by atoms with Gasteiger partial charge in [-0.15, -0.1) is 0 Å². The zero-order valence-electron chi connectivity index (χ0n) is 17.2. The Bertz CT molecular complexity index is 1200. The summed E-state index contributed by atoms with van der Waals surface area (Å²) in [6, 6.07) is 21.0. The molecule has 5 nitrogen and oxygen atoms in total. The van der Waals surface area contributed by atoms with Crippen LogP contribution in [0.15, 0.2) is 82.5 Å². The molecule has 0 fully saturated rings. The van der Waals surface area contributed by atoms with Gasteiger partial charge in [0.15, 0.2) is 5.76 Å². The maximum absolute atomic E-state index is 12.9. The summed E-state index contributed by atoms with van der Waals surface area (Å²) in [7, 11) is 0. The number of amides is 1. The first-order chi connectivity index (χ1) is 14.4. The lowest BCUT2D eigenvalue weighted by molar-refractivity contribution is 0.0956. The quantitative estimate of drug-likeness (QED) is 0.362. The van der Waals surface area contributed by atoms with Gasteiger partial charge in [-0.1, -0.05) is 63.2 Å². The van der Waals surface area contributed by atoms with E-state index in [4.69, 9.17) is 4.42 Å². The highest BCUT2D eigenvalue weighted by Crippen LogP contribution is 2.25. The van der Waals surface area contributed by atoms with Crippen molar-refractivity contribution in [3.63, 3.8) is 0 Å². The van der Waals surface area contributed by atoms with Crippen molar-refractivity contribution in [2.24, 2.45) is 5.10 Å². The lowest BCUT2D eigenvalue weighted by atomic mass is 9.87. The average molecular weight is 397 g/mol. The van der Waals surface area contributed by atoms with Gasteiger partial charge in [-0.3, -0.25) is 4.79 Å². The van der Waals surface area contributed by atoms with Crippen molar-refractivity contribution < 1.29 is 9.21 Å². The molecule has 1 N–H and O–H groups in total. The number of furan rings is 1. The Labute approximate surface area is 175 Å². The summed E-state index contributed by atoms with van der Waals surface area (Å²) < 4.78 is 5.45. The van der Waals surface area contributed by atoms with E-state index in [0.717, 1.165) is 16.5 Å². The first-order valence-electron chi connectivity index (χ1n) is 9.79. The number of hydrazone groups is 1. The standard InChI is InChI=1S/C25H23N3O2/c1-25(2,3)18-12-10-17(11-13-18)16-26-28-24(29)20-15-22(23-9-6-14-30-23)27-21-8-5-4-7-19(20)21/h4-16H,1-3H3,(H,28,29)/b26-16-. The molecule has 0 aliphatic heterocycles. The number of nitrogens with one attached hydrogen (secondary N) is 1. The van der Waals surface area contributed by atoms with Crippen molar-refractivity contribution in [1.82, 2.24) is 10.4 Å². The number of pyridine rings is 1. The molecule has 0 saturated heterocycles. The molecule has 5 heteroatoms. The zero-order valence-corrected chi connectivity index (χ0v) is 17.2. The van der Waals surface area contributed by atoms with Crippen molar-refractivity contribution in [3.8, 4) is 11.5 Å². The van der Waals surface area contributed by atoms with E-state index in [9.17, 15) is 4.79 Å². The van der Waals surface area contributed by atoms with Gasteiger partial charge in [0.05, 0.1) is 23.6 Å². The molecule has 2 heterocycles. The topological polar surface area (TPSA) is 67.5 Å². The first-order valence-corrected chi connectivity index (χ1v) is 9.79. The predicted molar refractivity (Wildman–Crippen MR) is 120 cm³/mol. The van der Waals surface area contributed by atoms with Crippen molar-refractivity contribution in [2.45, 2.75) is 26.2 Å². The highest BCUT2D eigenvalue weighted by molar-refractivity contribution is 6.07. The molecule has 0 aliphatic carbocycles. The van der Waals surface area contributed by atoms with E-state index in [2.05, 4.69) is 48.4 Å². The Hall–Kier alpha value is -3.73. The molecule has 0 radical (unpaired) electrons. The minimum absolute atomic E-state index is 0.0952. The minimum atomic E-state index is -0.302. The van der Waals surface area contributed by atoms with Crippen molar-refractivity contribution in [1.29, 1.82) is 0 Å². The predicted octanol–water partition coefficient (Wildman–Crippen LogP) is 5.56. The number of aromatic nitrogens is 1. The second-order valence-corrected chi connectivity index (χ2v) is 8.12. The number of carbonyl (C=O) groups is 1. The highest BCUT2D eigenvalue weighted by atomic mass is 16.3. The van der Waals surface area contributed by atoms with Gasteiger partial charge < -0.3 is 4.42 Å². The Kier molecular flexibility index (Phi) is 5.19. The molecule has 2 aromatic carbocycles. The average Bonchev–Trinajstić information content (AvgIpc) is 3.27. The molecule has 0 bridgehead atoms. The Morgan fingerprint density at radius 3 is 2.50 bits per heavy atom. The van der Waals surface area contributed by atoms with Crippen LogP contribution < -0.4 is 5.43 Å². The van der Waals surface area contributed by atoms with E-state index in [1.807, 2.05) is 42.5 Å². The van der Waals surface area contributed by atoms with Crippen LogP contribution in [-0.4, -0.2) is 17.1 Å². The summed E-state index contributed by atoms with van der Waals surface area (Å²) in [5, 5.41) is 4.90. The third kappa shape index (κ3) is 4.15. The van der Waals surface area contributed by atoms with Crippen LogP contribution in [0.1, 0.15) is 42.3 Å². The van der Waals surface area contributed by atoms with E-state index < -0.39 is 0 Å². The third-order valence-corrected chi connectivity index (χ3v) is 4.89. The second kappa shape index (κ2) is 7.95. The van der Waals surface area contributed by atoms with Gasteiger partial charge >= 0.3 is 0 Å². The Balaban J connectivity index is 1.58. The summed E-state index contributed by atoms with van der Waals surface area (Å²) in [4.78, 5) is 17.5. The lowest BCUT2D eigenvalue weighted by Crippen LogP contribution is -2.18. The normalized spacial score (nSPS) is 11.8. The number of benzene rings is 2. The van der Waals surface area contributed by atoms with Crippen LogP contribution in [0.25, 0.3) is 22.4 Å². The van der Waals surface area contributed by atoms with Crippen LogP contribution in [0, 0.1) is 0 Å². The Morgan fingerprint density at radius 2 is 1.80 bits per heavy atom. The van der Waals surface area contributed by atoms with E-state index in [1.165, 1.54) is 5.56 Å². The number of fused-ring (bicyclic) bond motifs is 1. The van der Waals surface area contributed by atoms with E-state index in [0.29, 0.717) is 17.0 Å². The molecule has 0 atom stereocenters. The summed E-state index contributed by atoms with van der Waals surface area (Å²) in [6.45, 7) is 6.52. The third-order valence-electron chi connectivity index (χ3n) is 4.89. The van der Waals surface area contributed by atoms with Gasteiger partial charge in [-0.2, -0.15) is 5.10 Å². The molecular weight excluding hydrogens is 374 g/mol. The van der Waals surface area contributed by atoms with E-state index in [1.54, 1.807) is 24.6 Å². The van der Waals surface area contributed by atoms with Gasteiger partial charge in [-0.25, -0.2) is 10.4 Å². The van der Waals surface area contributed by atoms with Crippen LogP contribution in [0.3, 0.4) is 0 Å². The van der Waals surface area contributed by atoms with Crippen LogP contribution in [0.5, 0.6) is 0 Å². The van der Waals surface area contributed by atoms with Crippen molar-refractivity contribution in [2.75, 3.05) is 0 Å². The fourth-order valence-electron chi connectivity index (χ4n) is 3.21. The molecule has 4 aromatic rings. The van der Waals surface area contributed by atoms with Gasteiger partial charge in [0.1, 0.15) is 5.69 Å². The molecule has 4 rings (SSSR count). The van der Waals surface area contributed by atoms with E-state index >= 15 is 0 Å². The summed E-state index contributed by atoms with van der Waals surface area (Å²) in [5.74, 6) is 0.307. The number of nitrogens with zero attached hydrogens (tertiary/aromatic N) is 2. The fraction of sp³-hybridized carbons (Fsp3) is 0.160. The molecular formula is C25H23N3O2. The fourth-order valence-corrected chi connectivity index (χ4v) is 3.21. The van der Waals surface area contributed by atoms with Gasteiger partial charge in [0.2, 0.25) is 0 Å². The van der Waals surface area contributed by atoms with Crippen LogP contribution in [-0.2, 0) is 5.41 Å². The van der Waals surface area contributed by atoms with E-state index in [-0.39, 0.29) is 11.3 Å². The smallest absolute Gasteiger partial charge is 0.272 e. The van der Waals surface area contributed by atoms with Gasteiger partial charge in [0.25, 0.3) is 5.91 Å². The number of rotatable bonds is 4. The maximum atomic E-state index is 12.9. The lowest BCUT2D eigenvalue weighted by Gasteiger charge is -2.18. The van der Waals surface area contributed by atoms with Gasteiger partial charge in [0, 0.05) is 5.39 Å². The molecule has 30 heavy (non-hydrogen) atoms. The minimum Gasteiger partial charge on any atom is -0.463 e. The summed E-state index contributed by atoms with van der Waals surface area (Å²) in [6.07, 6.45) is 3.22. The number of hydrogen-bond donors (Lipinski definition) is 1. The maximum Gasteiger partial charge on any atom is 0.272 e. The van der Waals surface area contributed by atoms with Crippen LogP contribution in [0.2, 0.25) is 0 Å². The number of carbonyl (C=O) groups excluding carboxylic acids is 1. The SMILES string of the molecule is CC(C)(C)c1ccc(/C=N\NC(=O)c2cc(-c3ccco3)nc3ccccc23)cc1. The Morgan fingerprint density at radius 1 is 1.03 bits per heavy atom. The summed E-state index contributed by atoms with van der Waals surface area (Å²) in [5.41, 5.74) is 6.70. The second-order valence-electron chi connectivity index (χ2n) is 8.12. The zero-order chi connectivity index (χ0) is 21.1. The number of hydrogen-bond acceptors (Lipinski definition) is 4. The molecule has 0 saturated carbocycles. The molecule has 0 spiro atoms. The first kappa shape index (κ1) is 19.6. The molecule has 2 aromatic heterocycles. The van der Waals surface area contributed by atoms with Crippen molar-refractivity contribution >= 4 is 23.0 Å². The largest absolute Gasteiger partial charge is 0.463 e. The molecule has 0 aliphatic rings. The molecule has 1 amide bonds. The summed E-state index contributed by atoms with van der Waals surface area (Å²) >= 11 is 0. The van der Waals surface area contributed by atoms with Crippen LogP contribution in [0.4, 0.5) is 0 Å². The molecule has 0 unspecified atom stereocenters. The number of para-hydroxylation sites is 1. The van der Waals surface area contributed by atoms with Gasteiger partial charge in [-0.05, 0) is 40.8 Å². The van der Waals surface area contributed by atoms with Crippen molar-refractivity contribution in [3.05, 3.63) is 89.7 Å². The van der Waals surface area contributed by atoms with Crippen LogP contribution >= 0.6 is 0 Å². The monoisotopic (exact) mass is 397 g/mol.